The van der Waals surface area contributed by atoms with Crippen molar-refractivity contribution in [3.8, 4) is 0 Å². The molecular weight excluding hydrogens is 466 g/mol. The second-order valence-electron chi connectivity index (χ2n) is 9.46. The molecule has 3 aromatic rings. The van der Waals surface area contributed by atoms with Crippen molar-refractivity contribution in [3.05, 3.63) is 125 Å². The molecule has 194 valence electrons. The Morgan fingerprint density at radius 1 is 0.838 bits per heavy atom. The third-order valence-corrected chi connectivity index (χ3v) is 5.92. The van der Waals surface area contributed by atoms with Gasteiger partial charge < -0.3 is 24.2 Å². The van der Waals surface area contributed by atoms with Crippen LogP contribution in [0, 0.1) is 5.21 Å². The van der Waals surface area contributed by atoms with Gasteiger partial charge in [-0.3, -0.25) is 0 Å². The van der Waals surface area contributed by atoms with Crippen LogP contribution in [-0.4, -0.2) is 41.7 Å². The van der Waals surface area contributed by atoms with Gasteiger partial charge in [-0.25, -0.2) is 4.74 Å². The smallest absolute Gasteiger partial charge is 0.183 e. The molecule has 0 N–H and O–H groups in total. The summed E-state index contributed by atoms with van der Waals surface area (Å²) in [6, 6.07) is 29.5. The van der Waals surface area contributed by atoms with Gasteiger partial charge in [0.05, 0.1) is 19.8 Å². The zero-order valence-electron chi connectivity index (χ0n) is 21.4. The SMILES string of the molecule is CC1(C)O[C@H]([C@@H](/C=[N+](\[O-])Cc2ccccc2)OCc2ccccc2)[C@H](/C=C\COCc2ccccc2)O1. The van der Waals surface area contributed by atoms with Crippen molar-refractivity contribution < 1.29 is 23.7 Å². The predicted octanol–water partition coefficient (Wildman–Crippen LogP) is 5.65. The fourth-order valence-corrected chi connectivity index (χ4v) is 4.20. The van der Waals surface area contributed by atoms with Crippen LogP contribution in [0.1, 0.15) is 30.5 Å². The number of hydroxylamine groups is 1. The number of ether oxygens (including phenoxy) is 4. The van der Waals surface area contributed by atoms with Crippen LogP contribution in [0.25, 0.3) is 0 Å². The molecule has 0 amide bonds. The number of benzene rings is 3. The normalized spacial score (nSPS) is 20.3. The molecular formula is C31H35NO5. The lowest BCUT2D eigenvalue weighted by Gasteiger charge is -2.23. The van der Waals surface area contributed by atoms with Crippen LogP contribution >= 0.6 is 0 Å². The summed E-state index contributed by atoms with van der Waals surface area (Å²) in [5.41, 5.74) is 3.06. The van der Waals surface area contributed by atoms with Crippen LogP contribution in [0.4, 0.5) is 0 Å². The molecule has 6 heteroatoms. The van der Waals surface area contributed by atoms with Gasteiger partial charge >= 0.3 is 0 Å². The Bertz CT molecular complexity index is 1130. The summed E-state index contributed by atoms with van der Waals surface area (Å²) in [7, 11) is 0. The van der Waals surface area contributed by atoms with E-state index in [1.807, 2.05) is 117 Å². The zero-order chi connectivity index (χ0) is 25.9. The minimum Gasteiger partial charge on any atom is -0.624 e. The van der Waals surface area contributed by atoms with Crippen LogP contribution in [0.3, 0.4) is 0 Å². The maximum Gasteiger partial charge on any atom is 0.183 e. The Hall–Kier alpha value is -3.29. The van der Waals surface area contributed by atoms with Crippen molar-refractivity contribution in [2.24, 2.45) is 0 Å². The number of nitrogens with zero attached hydrogens (tertiary/aromatic N) is 1. The van der Waals surface area contributed by atoms with E-state index in [9.17, 15) is 5.21 Å². The molecule has 4 rings (SSSR count). The average Bonchev–Trinajstić information content (AvgIpc) is 3.22. The fraction of sp³-hybridized carbons (Fsp3) is 0.323. The molecule has 0 saturated carbocycles. The minimum absolute atomic E-state index is 0.219. The van der Waals surface area contributed by atoms with Crippen LogP contribution in [-0.2, 0) is 38.7 Å². The lowest BCUT2D eigenvalue weighted by Crippen LogP contribution is -2.39. The monoisotopic (exact) mass is 501 g/mol. The Balaban J connectivity index is 1.46. The van der Waals surface area contributed by atoms with E-state index < -0.39 is 24.1 Å². The van der Waals surface area contributed by atoms with Gasteiger partial charge in [0, 0.05) is 5.56 Å². The highest BCUT2D eigenvalue weighted by Crippen LogP contribution is 2.31. The number of rotatable bonds is 12. The summed E-state index contributed by atoms with van der Waals surface area (Å²) in [5, 5.41) is 12.9. The molecule has 0 radical (unpaired) electrons. The molecule has 0 aliphatic carbocycles. The van der Waals surface area contributed by atoms with Crippen molar-refractivity contribution >= 4 is 6.21 Å². The van der Waals surface area contributed by atoms with E-state index >= 15 is 0 Å². The zero-order valence-corrected chi connectivity index (χ0v) is 21.4. The van der Waals surface area contributed by atoms with Crippen molar-refractivity contribution in [1.29, 1.82) is 0 Å². The molecule has 1 aliphatic rings. The Kier molecular flexibility index (Phi) is 9.63. The molecule has 3 atom stereocenters. The third kappa shape index (κ3) is 8.65. The second-order valence-corrected chi connectivity index (χ2v) is 9.46. The first kappa shape index (κ1) is 26.8. The second kappa shape index (κ2) is 13.3. The fourth-order valence-electron chi connectivity index (χ4n) is 4.20. The molecule has 37 heavy (non-hydrogen) atoms. The molecule has 0 spiro atoms. The summed E-state index contributed by atoms with van der Waals surface area (Å²) in [6.45, 7) is 5.26. The van der Waals surface area contributed by atoms with Gasteiger partial charge in [0.25, 0.3) is 0 Å². The van der Waals surface area contributed by atoms with Crippen molar-refractivity contribution in [1.82, 2.24) is 0 Å². The summed E-state index contributed by atoms with van der Waals surface area (Å²) in [5.74, 6) is -0.820. The number of hydrogen-bond acceptors (Lipinski definition) is 5. The Morgan fingerprint density at radius 2 is 1.41 bits per heavy atom. The molecule has 6 nitrogen and oxygen atoms in total. The molecule has 1 heterocycles. The summed E-state index contributed by atoms with van der Waals surface area (Å²) < 4.78 is 25.4. The van der Waals surface area contributed by atoms with Crippen molar-refractivity contribution in [3.63, 3.8) is 0 Å². The summed E-state index contributed by atoms with van der Waals surface area (Å²) >= 11 is 0. The summed E-state index contributed by atoms with van der Waals surface area (Å²) in [6.07, 6.45) is 3.89. The van der Waals surface area contributed by atoms with Gasteiger partial charge in [0.15, 0.2) is 24.7 Å². The molecule has 1 fully saturated rings. The van der Waals surface area contributed by atoms with E-state index in [4.69, 9.17) is 18.9 Å². The molecule has 3 aromatic carbocycles. The van der Waals surface area contributed by atoms with Gasteiger partial charge in [0.2, 0.25) is 0 Å². The highest BCUT2D eigenvalue weighted by atomic mass is 16.8. The van der Waals surface area contributed by atoms with Crippen LogP contribution in [0.2, 0.25) is 0 Å². The first-order valence-electron chi connectivity index (χ1n) is 12.6. The highest BCUT2D eigenvalue weighted by molar-refractivity contribution is 5.59. The van der Waals surface area contributed by atoms with E-state index in [1.54, 1.807) is 6.21 Å². The molecule has 1 aliphatic heterocycles. The Labute approximate surface area is 219 Å². The number of hydrogen-bond donors (Lipinski definition) is 0. The standard InChI is InChI=1S/C31H35NO5/c1-31(2)36-28(19-12-20-34-23-26-15-8-4-9-16-26)30(37-31)29(35-24-27-17-10-5-11-18-27)22-32(33)21-25-13-6-3-7-14-25/h3-19,22,28-30H,20-21,23-24H2,1-2H3/b19-12-,32-22-/t28-,29+,30-/m0/s1. The minimum atomic E-state index is -0.820. The van der Waals surface area contributed by atoms with Gasteiger partial charge in [-0.1, -0.05) is 103 Å². The average molecular weight is 502 g/mol. The first-order valence-corrected chi connectivity index (χ1v) is 12.6. The highest BCUT2D eigenvalue weighted by Gasteiger charge is 2.45. The topological polar surface area (TPSA) is 63.0 Å². The molecule has 0 unspecified atom stereocenters. The quantitative estimate of drug-likeness (QED) is 0.0802. The maximum absolute atomic E-state index is 12.9. The molecule has 0 aromatic heterocycles. The van der Waals surface area contributed by atoms with Crippen molar-refractivity contribution in [2.45, 2.75) is 57.7 Å². The van der Waals surface area contributed by atoms with Crippen molar-refractivity contribution in [2.75, 3.05) is 6.61 Å². The van der Waals surface area contributed by atoms with Gasteiger partial charge in [-0.05, 0) is 25.0 Å². The van der Waals surface area contributed by atoms with E-state index in [1.165, 1.54) is 0 Å². The molecule has 0 bridgehead atoms. The van der Waals surface area contributed by atoms with Gasteiger partial charge in [-0.2, -0.15) is 0 Å². The van der Waals surface area contributed by atoms with Crippen LogP contribution in [0.5, 0.6) is 0 Å². The van der Waals surface area contributed by atoms with E-state index in [0.29, 0.717) is 19.8 Å². The molecule has 1 saturated heterocycles. The van der Waals surface area contributed by atoms with Gasteiger partial charge in [0.1, 0.15) is 12.2 Å². The van der Waals surface area contributed by atoms with Crippen LogP contribution in [0.15, 0.2) is 103 Å². The lowest BCUT2D eigenvalue weighted by molar-refractivity contribution is -0.473. The largest absolute Gasteiger partial charge is 0.624 e. The summed E-state index contributed by atoms with van der Waals surface area (Å²) in [4.78, 5) is 0. The maximum atomic E-state index is 12.9. The van der Waals surface area contributed by atoms with E-state index in [2.05, 4.69) is 0 Å². The van der Waals surface area contributed by atoms with E-state index in [0.717, 1.165) is 21.4 Å². The van der Waals surface area contributed by atoms with E-state index in [-0.39, 0.29) is 6.54 Å². The van der Waals surface area contributed by atoms with Gasteiger partial charge in [-0.15, -0.1) is 0 Å². The predicted molar refractivity (Wildman–Crippen MR) is 144 cm³/mol. The third-order valence-electron chi connectivity index (χ3n) is 5.92. The lowest BCUT2D eigenvalue weighted by atomic mass is 10.1. The Morgan fingerprint density at radius 3 is 2.03 bits per heavy atom. The first-order chi connectivity index (χ1) is 18.0. The van der Waals surface area contributed by atoms with Crippen LogP contribution < -0.4 is 0 Å².